The van der Waals surface area contributed by atoms with Crippen LogP contribution in [0.4, 0.5) is 11.4 Å². The quantitative estimate of drug-likeness (QED) is 0.372. The van der Waals surface area contributed by atoms with Crippen molar-refractivity contribution < 1.29 is 19.1 Å². The van der Waals surface area contributed by atoms with Crippen LogP contribution in [0, 0.1) is 0 Å². The van der Waals surface area contributed by atoms with Gasteiger partial charge in [-0.25, -0.2) is 4.79 Å². The molecule has 176 valence electrons. The van der Waals surface area contributed by atoms with Gasteiger partial charge in [-0.1, -0.05) is 0 Å². The maximum atomic E-state index is 12.7. The Hall–Kier alpha value is -3.79. The van der Waals surface area contributed by atoms with Gasteiger partial charge in [0.1, 0.15) is 0 Å². The van der Waals surface area contributed by atoms with Crippen LogP contribution in [0.3, 0.4) is 0 Å². The summed E-state index contributed by atoms with van der Waals surface area (Å²) in [6, 6.07) is 9.71. The van der Waals surface area contributed by atoms with E-state index >= 15 is 0 Å². The molecule has 0 aliphatic carbocycles. The van der Waals surface area contributed by atoms with Crippen LogP contribution in [-0.4, -0.2) is 59.5 Å². The van der Waals surface area contributed by atoms with Gasteiger partial charge < -0.3 is 30.1 Å². The van der Waals surface area contributed by atoms with Crippen LogP contribution in [-0.2, 0) is 9.59 Å². The van der Waals surface area contributed by atoms with Gasteiger partial charge in [-0.3, -0.25) is 14.5 Å². The standard InChI is InChI=1S/C23H29N5O5/c1-5-32-19-10-8-16(12-20(19)33-6-2)24-21(29)13-28(4)14(3)22(30)25-15-7-9-17-18(11-15)27-23(31)26-17/h7-12,14H,5-6,13H2,1-4H3,(H,24,29)(H,25,30)(H2,26,27,31)/t14-/m1/s1. The molecular formula is C23H29N5O5. The van der Waals surface area contributed by atoms with Crippen molar-refractivity contribution in [2.75, 3.05) is 37.4 Å². The first-order chi connectivity index (χ1) is 15.8. The van der Waals surface area contributed by atoms with E-state index in [-0.39, 0.29) is 24.0 Å². The smallest absolute Gasteiger partial charge is 0.323 e. The van der Waals surface area contributed by atoms with Crippen molar-refractivity contribution in [3.8, 4) is 11.5 Å². The molecule has 2 amide bonds. The third kappa shape index (κ3) is 6.13. The Bertz CT molecular complexity index is 1190. The van der Waals surface area contributed by atoms with Crippen LogP contribution in [0.25, 0.3) is 11.0 Å². The lowest BCUT2D eigenvalue weighted by molar-refractivity contribution is -0.122. The molecule has 10 heteroatoms. The minimum atomic E-state index is -0.573. The number of ether oxygens (including phenoxy) is 2. The first-order valence-corrected chi connectivity index (χ1v) is 10.7. The van der Waals surface area contributed by atoms with E-state index < -0.39 is 6.04 Å². The zero-order valence-electron chi connectivity index (χ0n) is 19.2. The summed E-state index contributed by atoms with van der Waals surface area (Å²) in [7, 11) is 1.69. The van der Waals surface area contributed by atoms with Crippen LogP contribution in [0.15, 0.2) is 41.2 Å². The second-order valence-electron chi connectivity index (χ2n) is 7.50. The van der Waals surface area contributed by atoms with Crippen molar-refractivity contribution in [3.05, 3.63) is 46.9 Å². The van der Waals surface area contributed by atoms with Crippen molar-refractivity contribution in [1.82, 2.24) is 14.9 Å². The number of aromatic amines is 2. The molecule has 1 atom stereocenters. The van der Waals surface area contributed by atoms with E-state index in [9.17, 15) is 14.4 Å². The predicted molar refractivity (Wildman–Crippen MR) is 127 cm³/mol. The topological polar surface area (TPSA) is 129 Å². The molecule has 10 nitrogen and oxygen atoms in total. The molecule has 1 aromatic heterocycles. The van der Waals surface area contributed by atoms with Gasteiger partial charge in [0.15, 0.2) is 11.5 Å². The van der Waals surface area contributed by atoms with Crippen molar-refractivity contribution in [2.45, 2.75) is 26.8 Å². The van der Waals surface area contributed by atoms with Crippen molar-refractivity contribution in [1.29, 1.82) is 0 Å². The molecule has 2 aromatic carbocycles. The number of hydrogen-bond donors (Lipinski definition) is 4. The molecule has 3 rings (SSSR count). The van der Waals surface area contributed by atoms with Gasteiger partial charge in [0.25, 0.3) is 0 Å². The molecule has 0 radical (unpaired) electrons. The first-order valence-electron chi connectivity index (χ1n) is 10.7. The van der Waals surface area contributed by atoms with E-state index in [4.69, 9.17) is 9.47 Å². The molecule has 0 fully saturated rings. The summed E-state index contributed by atoms with van der Waals surface area (Å²) in [6.07, 6.45) is 0. The summed E-state index contributed by atoms with van der Waals surface area (Å²) in [5, 5.41) is 5.63. The summed E-state index contributed by atoms with van der Waals surface area (Å²) in [6.45, 7) is 6.46. The molecule has 0 bridgehead atoms. The fourth-order valence-electron chi connectivity index (χ4n) is 3.25. The Morgan fingerprint density at radius 1 is 0.939 bits per heavy atom. The number of benzene rings is 2. The van der Waals surface area contributed by atoms with Gasteiger partial charge in [0.05, 0.1) is 36.8 Å². The highest BCUT2D eigenvalue weighted by molar-refractivity contribution is 5.97. The summed E-state index contributed by atoms with van der Waals surface area (Å²) in [5.74, 6) is 0.623. The highest BCUT2D eigenvalue weighted by Crippen LogP contribution is 2.30. The van der Waals surface area contributed by atoms with Crippen molar-refractivity contribution in [2.24, 2.45) is 0 Å². The average Bonchev–Trinajstić information content (AvgIpc) is 3.14. The number of likely N-dealkylation sites (N-methyl/N-ethyl adjacent to an activating group) is 1. The number of fused-ring (bicyclic) bond motifs is 1. The molecule has 33 heavy (non-hydrogen) atoms. The number of hydrogen-bond acceptors (Lipinski definition) is 6. The largest absolute Gasteiger partial charge is 0.490 e. The molecule has 4 N–H and O–H groups in total. The zero-order chi connectivity index (χ0) is 24.0. The summed E-state index contributed by atoms with van der Waals surface area (Å²) in [5.41, 5.74) is 2.06. The molecular weight excluding hydrogens is 426 g/mol. The lowest BCUT2D eigenvalue weighted by atomic mass is 10.2. The van der Waals surface area contributed by atoms with E-state index in [0.717, 1.165) is 0 Å². The number of imidazole rings is 1. The molecule has 0 saturated heterocycles. The third-order valence-electron chi connectivity index (χ3n) is 5.04. The summed E-state index contributed by atoms with van der Waals surface area (Å²) < 4.78 is 11.1. The van der Waals surface area contributed by atoms with E-state index in [0.29, 0.717) is 47.1 Å². The van der Waals surface area contributed by atoms with Crippen molar-refractivity contribution in [3.63, 3.8) is 0 Å². The van der Waals surface area contributed by atoms with Crippen LogP contribution >= 0.6 is 0 Å². The Labute approximate surface area is 191 Å². The zero-order valence-corrected chi connectivity index (χ0v) is 19.2. The predicted octanol–water partition coefficient (Wildman–Crippen LogP) is 2.55. The highest BCUT2D eigenvalue weighted by atomic mass is 16.5. The normalized spacial score (nSPS) is 11.9. The van der Waals surface area contributed by atoms with E-state index in [1.807, 2.05) is 13.8 Å². The first kappa shape index (κ1) is 23.9. The highest BCUT2D eigenvalue weighted by Gasteiger charge is 2.21. The van der Waals surface area contributed by atoms with E-state index in [1.165, 1.54) is 0 Å². The second-order valence-corrected chi connectivity index (χ2v) is 7.50. The number of anilines is 2. The Morgan fingerprint density at radius 2 is 1.58 bits per heavy atom. The maximum Gasteiger partial charge on any atom is 0.323 e. The third-order valence-corrected chi connectivity index (χ3v) is 5.04. The monoisotopic (exact) mass is 455 g/mol. The number of aromatic nitrogens is 2. The molecule has 0 aliphatic rings. The van der Waals surface area contributed by atoms with E-state index in [2.05, 4.69) is 20.6 Å². The van der Waals surface area contributed by atoms with Crippen LogP contribution in [0.1, 0.15) is 20.8 Å². The van der Waals surface area contributed by atoms with Gasteiger partial charge >= 0.3 is 5.69 Å². The molecule has 1 heterocycles. The fraction of sp³-hybridized carbons (Fsp3) is 0.348. The molecule has 0 spiro atoms. The maximum absolute atomic E-state index is 12.7. The molecule has 0 unspecified atom stereocenters. The summed E-state index contributed by atoms with van der Waals surface area (Å²) in [4.78, 5) is 43.5. The fourth-order valence-corrected chi connectivity index (χ4v) is 3.25. The number of H-pyrrole nitrogens is 2. The average molecular weight is 456 g/mol. The van der Waals surface area contributed by atoms with Gasteiger partial charge in [-0.2, -0.15) is 0 Å². The number of carbonyl (C=O) groups is 2. The number of rotatable bonds is 10. The van der Waals surface area contributed by atoms with E-state index in [1.54, 1.807) is 55.3 Å². The Morgan fingerprint density at radius 3 is 2.30 bits per heavy atom. The van der Waals surface area contributed by atoms with Gasteiger partial charge in [0.2, 0.25) is 11.8 Å². The number of carbonyl (C=O) groups excluding carboxylic acids is 2. The minimum absolute atomic E-state index is 0.00985. The van der Waals surface area contributed by atoms with Gasteiger partial charge in [-0.05, 0) is 58.2 Å². The number of amides is 2. The Kier molecular flexibility index (Phi) is 7.73. The second kappa shape index (κ2) is 10.7. The molecule has 3 aromatic rings. The van der Waals surface area contributed by atoms with Crippen LogP contribution < -0.4 is 25.8 Å². The van der Waals surface area contributed by atoms with Crippen molar-refractivity contribution >= 4 is 34.2 Å². The SMILES string of the molecule is CCOc1ccc(NC(=O)CN(C)[C@H](C)C(=O)Nc2ccc3[nH]c(=O)[nH]c3c2)cc1OCC. The van der Waals surface area contributed by atoms with Gasteiger partial charge in [-0.15, -0.1) is 0 Å². The van der Waals surface area contributed by atoms with Crippen LogP contribution in [0.2, 0.25) is 0 Å². The lowest BCUT2D eigenvalue weighted by Gasteiger charge is -2.23. The minimum Gasteiger partial charge on any atom is -0.490 e. The van der Waals surface area contributed by atoms with Gasteiger partial charge in [0, 0.05) is 17.4 Å². The Balaban J connectivity index is 1.58. The van der Waals surface area contributed by atoms with Crippen LogP contribution in [0.5, 0.6) is 11.5 Å². The molecule has 0 saturated carbocycles. The summed E-state index contributed by atoms with van der Waals surface area (Å²) >= 11 is 0. The number of nitrogens with one attached hydrogen (secondary N) is 4. The lowest BCUT2D eigenvalue weighted by Crippen LogP contribution is -2.43. The molecule has 0 aliphatic heterocycles. The number of nitrogens with zero attached hydrogens (tertiary/aromatic N) is 1.